The number of benzene rings is 3. The lowest BCUT2D eigenvalue weighted by Crippen LogP contribution is -2.39. The van der Waals surface area contributed by atoms with Crippen molar-refractivity contribution >= 4 is 17.0 Å². The van der Waals surface area contributed by atoms with Crippen molar-refractivity contribution in [1.29, 1.82) is 0 Å². The van der Waals surface area contributed by atoms with Gasteiger partial charge in [-0.15, -0.1) is 0 Å². The Hall–Kier alpha value is -4.35. The van der Waals surface area contributed by atoms with E-state index >= 15 is 0 Å². The topological polar surface area (TPSA) is 138 Å². The van der Waals surface area contributed by atoms with E-state index in [1.165, 1.54) is 12.7 Å². The number of nitrogens with zero attached hydrogens (tertiary/aromatic N) is 4. The van der Waals surface area contributed by atoms with Crippen LogP contribution in [0.15, 0.2) is 97.6 Å². The smallest absolute Gasteiger partial charge is 0.167 e. The number of methoxy groups -OCH3 is 1. The number of aromatic nitrogens is 4. The largest absolute Gasteiger partial charge is 0.497 e. The highest BCUT2D eigenvalue weighted by Crippen LogP contribution is 2.42. The van der Waals surface area contributed by atoms with Crippen molar-refractivity contribution in [2.24, 2.45) is 0 Å². The molecule has 4 atom stereocenters. The lowest BCUT2D eigenvalue weighted by Gasteiger charge is -2.37. The summed E-state index contributed by atoms with van der Waals surface area (Å²) >= 11 is 0. The molecule has 0 radical (unpaired) electrons. The quantitative estimate of drug-likeness (QED) is 0.254. The van der Waals surface area contributed by atoms with E-state index in [0.717, 1.165) is 22.4 Å². The van der Waals surface area contributed by atoms with Crippen molar-refractivity contribution in [3.8, 4) is 5.75 Å². The van der Waals surface area contributed by atoms with E-state index in [0.29, 0.717) is 11.2 Å². The third-order valence-electron chi connectivity index (χ3n) is 7.32. The summed E-state index contributed by atoms with van der Waals surface area (Å²) in [4.78, 5) is 12.5. The summed E-state index contributed by atoms with van der Waals surface area (Å²) in [5.74, 6) is 0.933. The second-order valence-corrected chi connectivity index (χ2v) is 9.58. The molecule has 0 amide bonds. The number of fused-ring (bicyclic) bond motifs is 1. The van der Waals surface area contributed by atoms with Gasteiger partial charge in [0.1, 0.15) is 41.5 Å². The van der Waals surface area contributed by atoms with Gasteiger partial charge in [-0.2, -0.15) is 0 Å². The zero-order valence-electron chi connectivity index (χ0n) is 21.7. The fourth-order valence-corrected chi connectivity index (χ4v) is 5.28. The molecule has 4 N–H and O–H groups in total. The van der Waals surface area contributed by atoms with E-state index in [2.05, 4.69) is 15.0 Å². The number of nitrogens with two attached hydrogens (primary N) is 1. The molecule has 3 heterocycles. The molecule has 0 aliphatic carbocycles. The van der Waals surface area contributed by atoms with E-state index in [4.69, 9.17) is 19.9 Å². The molecule has 1 saturated heterocycles. The van der Waals surface area contributed by atoms with E-state index in [9.17, 15) is 10.2 Å². The minimum atomic E-state index is -1.26. The molecule has 5 aromatic rings. The Morgan fingerprint density at radius 1 is 0.850 bits per heavy atom. The summed E-state index contributed by atoms with van der Waals surface area (Å²) in [5, 5.41) is 22.1. The first-order valence-corrected chi connectivity index (χ1v) is 12.9. The Bertz CT molecular complexity index is 1540. The molecule has 4 unspecified atom stereocenters. The predicted octanol–water partition coefficient (Wildman–Crippen LogP) is 3.05. The summed E-state index contributed by atoms with van der Waals surface area (Å²) < 4.78 is 20.0. The summed E-state index contributed by atoms with van der Waals surface area (Å²) in [6, 6.07) is 27.4. The maximum absolute atomic E-state index is 11.1. The molecular formula is C30H29N5O5. The van der Waals surface area contributed by atoms with Crippen molar-refractivity contribution in [3.05, 3.63) is 114 Å². The van der Waals surface area contributed by atoms with Crippen LogP contribution in [-0.2, 0) is 15.1 Å². The highest BCUT2D eigenvalue weighted by atomic mass is 16.6. The molecule has 1 aliphatic heterocycles. The summed E-state index contributed by atoms with van der Waals surface area (Å²) in [7, 11) is 1.62. The lowest BCUT2D eigenvalue weighted by atomic mass is 9.80. The second kappa shape index (κ2) is 10.7. The van der Waals surface area contributed by atoms with Gasteiger partial charge in [0, 0.05) is 0 Å². The maximum atomic E-state index is 11.1. The number of aliphatic hydroxyl groups is 2. The van der Waals surface area contributed by atoms with Gasteiger partial charge in [-0.25, -0.2) is 15.0 Å². The average molecular weight is 540 g/mol. The first-order valence-electron chi connectivity index (χ1n) is 12.9. The van der Waals surface area contributed by atoms with Crippen molar-refractivity contribution in [2.45, 2.75) is 30.1 Å². The molecule has 204 valence electrons. The van der Waals surface area contributed by atoms with Crippen molar-refractivity contribution in [2.75, 3.05) is 19.5 Å². The number of ether oxygens (including phenoxy) is 3. The van der Waals surface area contributed by atoms with E-state index in [1.54, 1.807) is 11.7 Å². The SMILES string of the molecule is COc1ccc(C(OCC2OC(n3cnc4c(N)ncnc43)C(O)C2O)(c2ccccc2)c2ccccc2)cc1. The molecule has 10 nitrogen and oxygen atoms in total. The first kappa shape index (κ1) is 25.9. The number of rotatable bonds is 8. The van der Waals surface area contributed by atoms with Crippen LogP contribution in [0.2, 0.25) is 0 Å². The summed E-state index contributed by atoms with van der Waals surface area (Å²) in [5.41, 5.74) is 8.31. The van der Waals surface area contributed by atoms with Crippen molar-refractivity contribution < 1.29 is 24.4 Å². The lowest BCUT2D eigenvalue weighted by molar-refractivity contribution is -0.0942. The van der Waals surface area contributed by atoms with Gasteiger partial charge in [0.2, 0.25) is 0 Å². The number of anilines is 1. The van der Waals surface area contributed by atoms with Crippen LogP contribution in [0.5, 0.6) is 5.75 Å². The van der Waals surface area contributed by atoms with Gasteiger partial charge in [0.25, 0.3) is 0 Å². The van der Waals surface area contributed by atoms with Gasteiger partial charge in [0.15, 0.2) is 17.7 Å². The number of nitrogen functional groups attached to an aromatic ring is 1. The normalized spacial score (nSPS) is 21.1. The van der Waals surface area contributed by atoms with E-state index < -0.39 is 30.1 Å². The van der Waals surface area contributed by atoms with Crippen LogP contribution >= 0.6 is 0 Å². The van der Waals surface area contributed by atoms with Crippen LogP contribution in [-0.4, -0.2) is 61.8 Å². The van der Waals surface area contributed by atoms with Crippen molar-refractivity contribution in [1.82, 2.24) is 19.5 Å². The van der Waals surface area contributed by atoms with Gasteiger partial charge in [0.05, 0.1) is 20.0 Å². The average Bonchev–Trinajstić information content (AvgIpc) is 3.56. The highest BCUT2D eigenvalue weighted by molar-refractivity contribution is 5.81. The second-order valence-electron chi connectivity index (χ2n) is 9.58. The molecule has 1 aliphatic rings. The minimum absolute atomic E-state index is 0.0334. The zero-order valence-corrected chi connectivity index (χ0v) is 21.7. The van der Waals surface area contributed by atoms with Crippen LogP contribution in [0.1, 0.15) is 22.9 Å². The Balaban J connectivity index is 1.37. The summed E-state index contributed by atoms with van der Waals surface area (Å²) in [6.45, 7) is -0.0334. The van der Waals surface area contributed by atoms with Crippen LogP contribution in [0.25, 0.3) is 11.2 Å². The third-order valence-corrected chi connectivity index (χ3v) is 7.32. The fourth-order valence-electron chi connectivity index (χ4n) is 5.28. The van der Waals surface area contributed by atoms with Crippen LogP contribution in [0, 0.1) is 0 Å². The van der Waals surface area contributed by atoms with Gasteiger partial charge in [-0.1, -0.05) is 72.8 Å². The van der Waals surface area contributed by atoms with E-state index in [1.807, 2.05) is 84.9 Å². The molecule has 0 bridgehead atoms. The Kier molecular flexibility index (Phi) is 6.91. The molecule has 0 saturated carbocycles. The van der Waals surface area contributed by atoms with Crippen LogP contribution in [0.3, 0.4) is 0 Å². The molecule has 2 aromatic heterocycles. The number of hydrogen-bond donors (Lipinski definition) is 3. The molecule has 10 heteroatoms. The van der Waals surface area contributed by atoms with Gasteiger partial charge < -0.3 is 30.2 Å². The van der Waals surface area contributed by atoms with Crippen LogP contribution < -0.4 is 10.5 Å². The highest BCUT2D eigenvalue weighted by Gasteiger charge is 2.46. The van der Waals surface area contributed by atoms with Gasteiger partial charge >= 0.3 is 0 Å². The van der Waals surface area contributed by atoms with Crippen LogP contribution in [0.4, 0.5) is 5.82 Å². The number of aliphatic hydroxyl groups excluding tert-OH is 2. The van der Waals surface area contributed by atoms with Crippen molar-refractivity contribution in [3.63, 3.8) is 0 Å². The Morgan fingerprint density at radius 2 is 1.48 bits per heavy atom. The first-order chi connectivity index (χ1) is 19.5. The molecular weight excluding hydrogens is 510 g/mol. The molecule has 1 fully saturated rings. The summed E-state index contributed by atoms with van der Waals surface area (Å²) in [6.07, 6.45) is -1.52. The monoisotopic (exact) mass is 539 g/mol. The van der Waals surface area contributed by atoms with E-state index in [-0.39, 0.29) is 12.4 Å². The number of imidazole rings is 1. The Labute approximate surface area is 230 Å². The predicted molar refractivity (Wildman–Crippen MR) is 147 cm³/mol. The third kappa shape index (κ3) is 4.37. The van der Waals surface area contributed by atoms with Gasteiger partial charge in [-0.05, 0) is 28.8 Å². The standard InChI is InChI=1S/C30H29N5O5/c1-38-22-14-12-21(13-15-22)30(19-8-4-2-5-9-19,20-10-6-3-7-11-20)39-16-23-25(36)26(37)29(40-23)35-18-34-24-27(31)32-17-33-28(24)35/h2-15,17-18,23,25-26,29,36-37H,16H2,1H3,(H2,31,32,33). The zero-order chi connectivity index (χ0) is 27.7. The maximum Gasteiger partial charge on any atom is 0.167 e. The molecule has 3 aromatic carbocycles. The van der Waals surface area contributed by atoms with Gasteiger partial charge in [-0.3, -0.25) is 4.57 Å². The molecule has 0 spiro atoms. The fraction of sp³-hybridized carbons (Fsp3) is 0.233. The molecule has 6 rings (SSSR count). The Morgan fingerprint density at radius 3 is 2.10 bits per heavy atom. The number of hydrogen-bond acceptors (Lipinski definition) is 9. The molecule has 40 heavy (non-hydrogen) atoms. The minimum Gasteiger partial charge on any atom is -0.497 e.